The van der Waals surface area contributed by atoms with E-state index in [4.69, 9.17) is 21.1 Å². The lowest BCUT2D eigenvalue weighted by molar-refractivity contribution is 0.174. The van der Waals surface area contributed by atoms with Gasteiger partial charge in [-0.05, 0) is 29.7 Å². The molecule has 0 radical (unpaired) electrons. The van der Waals surface area contributed by atoms with Gasteiger partial charge in [-0.3, -0.25) is 0 Å². The first-order chi connectivity index (χ1) is 8.83. The van der Waals surface area contributed by atoms with Crippen LogP contribution in [-0.4, -0.2) is 6.79 Å². The van der Waals surface area contributed by atoms with Crippen LogP contribution >= 0.6 is 11.6 Å². The Bertz CT molecular complexity index is 539. The largest absolute Gasteiger partial charge is 0.454 e. The summed E-state index contributed by atoms with van der Waals surface area (Å²) in [4.78, 5) is 0. The molecule has 0 amide bonds. The molecule has 92 valence electrons. The maximum Gasteiger partial charge on any atom is 0.231 e. The number of halogens is 1. The Kier molecular flexibility index (Phi) is 3.11. The van der Waals surface area contributed by atoms with E-state index >= 15 is 0 Å². The Hall–Kier alpha value is -1.67. The van der Waals surface area contributed by atoms with Crippen molar-refractivity contribution in [3.63, 3.8) is 0 Å². The van der Waals surface area contributed by atoms with Crippen molar-refractivity contribution in [1.82, 2.24) is 0 Å². The molecule has 0 fully saturated rings. The summed E-state index contributed by atoms with van der Waals surface area (Å²) in [6, 6.07) is 16.1. The molecule has 1 aliphatic heterocycles. The Morgan fingerprint density at radius 2 is 1.78 bits per heavy atom. The van der Waals surface area contributed by atoms with Crippen molar-refractivity contribution in [2.75, 3.05) is 6.79 Å². The fraction of sp³-hybridized carbons (Fsp3) is 0.200. The molecule has 2 aromatic carbocycles. The fourth-order valence-electron chi connectivity index (χ4n) is 2.05. The summed E-state index contributed by atoms with van der Waals surface area (Å²) in [6.45, 7) is 0.296. The van der Waals surface area contributed by atoms with E-state index in [1.165, 1.54) is 5.56 Å². The molecule has 0 spiro atoms. The summed E-state index contributed by atoms with van der Waals surface area (Å²) in [5.74, 6) is 1.58. The smallest absolute Gasteiger partial charge is 0.231 e. The zero-order valence-electron chi connectivity index (χ0n) is 9.80. The van der Waals surface area contributed by atoms with Crippen LogP contribution in [0.1, 0.15) is 16.5 Å². The highest BCUT2D eigenvalue weighted by Gasteiger charge is 2.16. The molecule has 0 saturated carbocycles. The van der Waals surface area contributed by atoms with Crippen LogP contribution in [0, 0.1) is 0 Å². The molecule has 0 aromatic heterocycles. The normalized spacial score (nSPS) is 14.5. The number of hydrogen-bond acceptors (Lipinski definition) is 2. The fourth-order valence-corrected chi connectivity index (χ4v) is 2.36. The zero-order valence-corrected chi connectivity index (χ0v) is 10.6. The summed E-state index contributed by atoms with van der Waals surface area (Å²) >= 11 is 6.45. The Morgan fingerprint density at radius 3 is 2.61 bits per heavy atom. The Morgan fingerprint density at radius 1 is 1.00 bits per heavy atom. The summed E-state index contributed by atoms with van der Waals surface area (Å²) in [6.07, 6.45) is 0.808. The van der Waals surface area contributed by atoms with E-state index in [1.807, 2.05) is 36.4 Å². The van der Waals surface area contributed by atoms with E-state index in [0.29, 0.717) is 6.79 Å². The van der Waals surface area contributed by atoms with Crippen LogP contribution in [0.4, 0.5) is 0 Å². The molecular formula is C15H13ClO2. The number of benzene rings is 2. The minimum atomic E-state index is -0.0538. The van der Waals surface area contributed by atoms with Crippen LogP contribution in [0.25, 0.3) is 0 Å². The van der Waals surface area contributed by atoms with E-state index in [-0.39, 0.29) is 5.38 Å². The van der Waals surface area contributed by atoms with Crippen LogP contribution in [0.3, 0.4) is 0 Å². The Balaban J connectivity index is 1.78. The summed E-state index contributed by atoms with van der Waals surface area (Å²) in [5, 5.41) is -0.0538. The average Bonchev–Trinajstić information content (AvgIpc) is 2.87. The second-order valence-corrected chi connectivity index (χ2v) is 4.80. The lowest BCUT2D eigenvalue weighted by Crippen LogP contribution is -1.96. The number of rotatable bonds is 3. The topological polar surface area (TPSA) is 18.5 Å². The zero-order chi connectivity index (χ0) is 12.4. The van der Waals surface area contributed by atoms with Crippen molar-refractivity contribution in [3.8, 4) is 11.5 Å². The van der Waals surface area contributed by atoms with Gasteiger partial charge in [0.1, 0.15) is 0 Å². The summed E-state index contributed by atoms with van der Waals surface area (Å²) in [7, 11) is 0. The van der Waals surface area contributed by atoms with Crippen LogP contribution < -0.4 is 9.47 Å². The number of alkyl halides is 1. The quantitative estimate of drug-likeness (QED) is 0.779. The highest BCUT2D eigenvalue weighted by Crippen LogP contribution is 2.36. The van der Waals surface area contributed by atoms with Crippen molar-refractivity contribution < 1.29 is 9.47 Å². The number of ether oxygens (including phenoxy) is 2. The molecule has 1 unspecified atom stereocenters. The van der Waals surface area contributed by atoms with Gasteiger partial charge in [0.05, 0.1) is 5.38 Å². The van der Waals surface area contributed by atoms with Gasteiger partial charge >= 0.3 is 0 Å². The van der Waals surface area contributed by atoms with Crippen LogP contribution in [0.2, 0.25) is 0 Å². The lowest BCUT2D eigenvalue weighted by Gasteiger charge is -2.10. The van der Waals surface area contributed by atoms with E-state index in [9.17, 15) is 0 Å². The van der Waals surface area contributed by atoms with Gasteiger partial charge in [0, 0.05) is 0 Å². The molecule has 0 saturated heterocycles. The minimum Gasteiger partial charge on any atom is -0.454 e. The van der Waals surface area contributed by atoms with Crippen molar-refractivity contribution >= 4 is 11.6 Å². The third-order valence-corrected chi connectivity index (χ3v) is 3.42. The first-order valence-corrected chi connectivity index (χ1v) is 6.34. The second kappa shape index (κ2) is 4.91. The summed E-state index contributed by atoms with van der Waals surface area (Å²) < 4.78 is 10.6. The SMILES string of the molecule is ClC(Cc1ccccc1)c1ccc2c(c1)OCO2. The van der Waals surface area contributed by atoms with Gasteiger partial charge in [0.25, 0.3) is 0 Å². The molecule has 0 N–H and O–H groups in total. The van der Waals surface area contributed by atoms with Crippen molar-refractivity contribution in [1.29, 1.82) is 0 Å². The van der Waals surface area contributed by atoms with E-state index in [2.05, 4.69) is 12.1 Å². The van der Waals surface area contributed by atoms with E-state index in [1.54, 1.807) is 0 Å². The first-order valence-electron chi connectivity index (χ1n) is 5.90. The molecule has 1 aliphatic rings. The van der Waals surface area contributed by atoms with E-state index in [0.717, 1.165) is 23.5 Å². The van der Waals surface area contributed by atoms with E-state index < -0.39 is 0 Å². The molecule has 2 nitrogen and oxygen atoms in total. The monoisotopic (exact) mass is 260 g/mol. The maximum atomic E-state index is 6.45. The molecule has 18 heavy (non-hydrogen) atoms. The third kappa shape index (κ3) is 2.29. The highest BCUT2D eigenvalue weighted by atomic mass is 35.5. The van der Waals surface area contributed by atoms with Crippen molar-refractivity contribution in [2.45, 2.75) is 11.8 Å². The van der Waals surface area contributed by atoms with Gasteiger partial charge in [0.15, 0.2) is 11.5 Å². The number of hydrogen-bond donors (Lipinski definition) is 0. The van der Waals surface area contributed by atoms with Crippen LogP contribution in [-0.2, 0) is 6.42 Å². The molecule has 1 heterocycles. The number of fused-ring (bicyclic) bond motifs is 1. The standard InChI is InChI=1S/C15H13ClO2/c16-13(8-11-4-2-1-3-5-11)12-6-7-14-15(9-12)18-10-17-14/h1-7,9,13H,8,10H2. The van der Waals surface area contributed by atoms with Gasteiger partial charge in [0.2, 0.25) is 6.79 Å². The van der Waals surface area contributed by atoms with Gasteiger partial charge in [-0.25, -0.2) is 0 Å². The molecule has 3 rings (SSSR count). The van der Waals surface area contributed by atoms with Gasteiger partial charge < -0.3 is 9.47 Å². The average molecular weight is 261 g/mol. The predicted octanol–water partition coefficient (Wildman–Crippen LogP) is 3.94. The molecule has 0 bridgehead atoms. The first kappa shape index (κ1) is 11.4. The van der Waals surface area contributed by atoms with Gasteiger partial charge in [-0.1, -0.05) is 36.4 Å². The van der Waals surface area contributed by atoms with Crippen molar-refractivity contribution in [3.05, 3.63) is 59.7 Å². The maximum absolute atomic E-state index is 6.45. The molecule has 1 atom stereocenters. The minimum absolute atomic E-state index is 0.0538. The molecule has 3 heteroatoms. The van der Waals surface area contributed by atoms with Gasteiger partial charge in [-0.15, -0.1) is 11.6 Å². The van der Waals surface area contributed by atoms with Crippen LogP contribution in [0.5, 0.6) is 11.5 Å². The molecule has 2 aromatic rings. The molecular weight excluding hydrogens is 248 g/mol. The van der Waals surface area contributed by atoms with Crippen molar-refractivity contribution in [2.24, 2.45) is 0 Å². The third-order valence-electron chi connectivity index (χ3n) is 3.02. The van der Waals surface area contributed by atoms with Crippen LogP contribution in [0.15, 0.2) is 48.5 Å². The molecule has 0 aliphatic carbocycles. The summed E-state index contributed by atoms with van der Waals surface area (Å²) in [5.41, 5.74) is 2.29. The van der Waals surface area contributed by atoms with Gasteiger partial charge in [-0.2, -0.15) is 0 Å². The predicted molar refractivity (Wildman–Crippen MR) is 71.3 cm³/mol. The Labute approximate surface area is 111 Å². The second-order valence-electron chi connectivity index (χ2n) is 4.27. The lowest BCUT2D eigenvalue weighted by atomic mass is 10.0. The highest BCUT2D eigenvalue weighted by molar-refractivity contribution is 6.21.